The van der Waals surface area contributed by atoms with E-state index in [1.165, 1.54) is 0 Å². The van der Waals surface area contributed by atoms with Crippen LogP contribution in [0.4, 0.5) is 0 Å². The van der Waals surface area contributed by atoms with Crippen molar-refractivity contribution < 1.29 is 19.4 Å². The van der Waals surface area contributed by atoms with Gasteiger partial charge in [0.15, 0.2) is 0 Å². The van der Waals surface area contributed by atoms with Crippen LogP contribution in [-0.2, 0) is 14.3 Å². The van der Waals surface area contributed by atoms with Gasteiger partial charge in [-0.15, -0.1) is 0 Å². The average Bonchev–Trinajstić information content (AvgIpc) is 3.10. The molecule has 1 amide bonds. The van der Waals surface area contributed by atoms with Crippen molar-refractivity contribution in [2.24, 2.45) is 0 Å². The van der Waals surface area contributed by atoms with E-state index in [9.17, 15) is 9.59 Å². The van der Waals surface area contributed by atoms with Crippen LogP contribution in [0.25, 0.3) is 0 Å². The second-order valence-electron chi connectivity index (χ2n) is 7.02. The Morgan fingerprint density at radius 1 is 1.37 bits per heavy atom. The van der Waals surface area contributed by atoms with Gasteiger partial charge in [0.25, 0.3) is 0 Å². The summed E-state index contributed by atoms with van der Waals surface area (Å²) in [6.45, 7) is 1.85. The van der Waals surface area contributed by atoms with Gasteiger partial charge in [0, 0.05) is 30.7 Å². The highest BCUT2D eigenvalue weighted by molar-refractivity contribution is 6.31. The SMILES string of the molecule is CN(CC(=O)O)CC1CN(C(=O)C2CC(c3ccccc3Cl)NN2)CCO1. The van der Waals surface area contributed by atoms with Gasteiger partial charge in [0.1, 0.15) is 6.04 Å². The number of amides is 1. The fourth-order valence-electron chi connectivity index (χ4n) is 3.57. The molecule has 3 rings (SSSR count). The van der Waals surface area contributed by atoms with Gasteiger partial charge >= 0.3 is 5.97 Å². The molecule has 3 N–H and O–H groups in total. The van der Waals surface area contributed by atoms with Gasteiger partial charge < -0.3 is 14.7 Å². The number of ether oxygens (including phenoxy) is 1. The van der Waals surface area contributed by atoms with E-state index in [1.54, 1.807) is 16.8 Å². The Morgan fingerprint density at radius 3 is 2.89 bits per heavy atom. The molecule has 3 atom stereocenters. The van der Waals surface area contributed by atoms with Crippen LogP contribution in [0.15, 0.2) is 24.3 Å². The number of rotatable bonds is 6. The quantitative estimate of drug-likeness (QED) is 0.644. The summed E-state index contributed by atoms with van der Waals surface area (Å²) in [5.74, 6) is -0.862. The van der Waals surface area contributed by atoms with Crippen LogP contribution in [0, 0.1) is 0 Å². The van der Waals surface area contributed by atoms with E-state index < -0.39 is 5.97 Å². The predicted octanol–water partition coefficient (Wildman–Crippen LogP) is 0.491. The van der Waals surface area contributed by atoms with Crippen molar-refractivity contribution >= 4 is 23.5 Å². The van der Waals surface area contributed by atoms with E-state index in [0.29, 0.717) is 37.7 Å². The number of carboxylic acids is 1. The Hall–Kier alpha value is -1.71. The maximum absolute atomic E-state index is 12.9. The lowest BCUT2D eigenvalue weighted by atomic mass is 10.0. The lowest BCUT2D eigenvalue weighted by Gasteiger charge is -2.35. The molecule has 3 unspecified atom stereocenters. The molecule has 2 aliphatic rings. The summed E-state index contributed by atoms with van der Waals surface area (Å²) >= 11 is 6.26. The molecule has 0 bridgehead atoms. The summed E-state index contributed by atoms with van der Waals surface area (Å²) < 4.78 is 5.70. The molecule has 2 heterocycles. The zero-order valence-corrected chi connectivity index (χ0v) is 16.0. The van der Waals surface area contributed by atoms with Gasteiger partial charge in [-0.3, -0.25) is 14.5 Å². The van der Waals surface area contributed by atoms with E-state index in [4.69, 9.17) is 21.4 Å². The standard InChI is InChI=1S/C18H25ClN4O4/c1-22(11-17(24)25)9-12-10-23(6-7-27-12)18(26)16-8-15(20-21-16)13-4-2-3-5-14(13)19/h2-5,12,15-16,20-21H,6-11H2,1H3,(H,24,25). The molecule has 8 nitrogen and oxygen atoms in total. The highest BCUT2D eigenvalue weighted by Gasteiger charge is 2.35. The van der Waals surface area contributed by atoms with Gasteiger partial charge in [-0.2, -0.15) is 0 Å². The third-order valence-electron chi connectivity index (χ3n) is 4.85. The molecule has 1 aromatic rings. The maximum Gasteiger partial charge on any atom is 0.317 e. The molecule has 0 radical (unpaired) electrons. The normalized spacial score (nSPS) is 25.7. The van der Waals surface area contributed by atoms with Gasteiger partial charge in [-0.05, 0) is 25.1 Å². The fourth-order valence-corrected chi connectivity index (χ4v) is 3.84. The molecule has 27 heavy (non-hydrogen) atoms. The average molecular weight is 397 g/mol. The van der Waals surface area contributed by atoms with Crippen LogP contribution in [0.5, 0.6) is 0 Å². The molecule has 2 aliphatic heterocycles. The lowest BCUT2D eigenvalue weighted by molar-refractivity contribution is -0.143. The zero-order valence-electron chi connectivity index (χ0n) is 15.2. The molecule has 148 valence electrons. The first kappa shape index (κ1) is 20.0. The predicted molar refractivity (Wildman–Crippen MR) is 100 cm³/mol. The Bertz CT molecular complexity index is 689. The molecule has 9 heteroatoms. The number of hydrogen-bond donors (Lipinski definition) is 3. The minimum Gasteiger partial charge on any atom is -0.480 e. The monoisotopic (exact) mass is 396 g/mol. The van der Waals surface area contributed by atoms with Crippen molar-refractivity contribution in [3.8, 4) is 0 Å². The number of hydrazine groups is 1. The summed E-state index contributed by atoms with van der Waals surface area (Å²) in [6, 6.07) is 7.25. The van der Waals surface area contributed by atoms with E-state index in [0.717, 1.165) is 5.56 Å². The van der Waals surface area contributed by atoms with Crippen molar-refractivity contribution in [3.63, 3.8) is 0 Å². The number of nitrogens with zero attached hydrogens (tertiary/aromatic N) is 2. The Labute approximate surface area is 163 Å². The third-order valence-corrected chi connectivity index (χ3v) is 5.20. The van der Waals surface area contributed by atoms with Crippen molar-refractivity contribution in [2.45, 2.75) is 24.6 Å². The van der Waals surface area contributed by atoms with E-state index >= 15 is 0 Å². The second kappa shape index (κ2) is 8.99. The van der Waals surface area contributed by atoms with Crippen molar-refractivity contribution in [2.75, 3.05) is 39.8 Å². The van der Waals surface area contributed by atoms with Crippen LogP contribution in [0.3, 0.4) is 0 Å². The highest BCUT2D eigenvalue weighted by Crippen LogP contribution is 2.28. The smallest absolute Gasteiger partial charge is 0.317 e. The van der Waals surface area contributed by atoms with Crippen LogP contribution < -0.4 is 10.9 Å². The Morgan fingerprint density at radius 2 is 2.15 bits per heavy atom. The molecule has 0 spiro atoms. The first-order chi connectivity index (χ1) is 12.9. The van der Waals surface area contributed by atoms with Gasteiger partial charge in [-0.25, -0.2) is 10.9 Å². The van der Waals surface area contributed by atoms with Crippen LogP contribution in [0.1, 0.15) is 18.0 Å². The summed E-state index contributed by atoms with van der Waals surface area (Å²) in [5.41, 5.74) is 7.21. The summed E-state index contributed by atoms with van der Waals surface area (Å²) in [6.07, 6.45) is 0.421. The minimum atomic E-state index is -0.881. The van der Waals surface area contributed by atoms with Crippen LogP contribution in [0.2, 0.25) is 5.02 Å². The molecular formula is C18H25ClN4O4. The van der Waals surface area contributed by atoms with E-state index in [-0.39, 0.29) is 30.6 Å². The number of aliphatic carboxylic acids is 1. The molecular weight excluding hydrogens is 372 g/mol. The second-order valence-corrected chi connectivity index (χ2v) is 7.43. The van der Waals surface area contributed by atoms with Crippen molar-refractivity contribution in [1.29, 1.82) is 0 Å². The first-order valence-electron chi connectivity index (χ1n) is 9.00. The topological polar surface area (TPSA) is 94.1 Å². The first-order valence-corrected chi connectivity index (χ1v) is 9.38. The Kier molecular flexibility index (Phi) is 6.67. The molecule has 1 aromatic carbocycles. The largest absolute Gasteiger partial charge is 0.480 e. The van der Waals surface area contributed by atoms with Crippen LogP contribution >= 0.6 is 11.6 Å². The van der Waals surface area contributed by atoms with Crippen molar-refractivity contribution in [1.82, 2.24) is 20.7 Å². The zero-order chi connectivity index (χ0) is 19.4. The molecule has 0 aromatic heterocycles. The number of benzene rings is 1. The van der Waals surface area contributed by atoms with E-state index in [2.05, 4.69) is 10.9 Å². The summed E-state index contributed by atoms with van der Waals surface area (Å²) in [7, 11) is 1.73. The number of carbonyl (C=O) groups is 2. The molecule has 0 saturated carbocycles. The van der Waals surface area contributed by atoms with Crippen molar-refractivity contribution in [3.05, 3.63) is 34.9 Å². The molecule has 0 aliphatic carbocycles. The van der Waals surface area contributed by atoms with Gasteiger partial charge in [0.2, 0.25) is 5.91 Å². The number of halogens is 1. The number of nitrogens with one attached hydrogen (secondary N) is 2. The number of morpholine rings is 1. The fraction of sp³-hybridized carbons (Fsp3) is 0.556. The minimum absolute atomic E-state index is 0.0197. The highest BCUT2D eigenvalue weighted by atomic mass is 35.5. The third kappa shape index (κ3) is 5.18. The lowest BCUT2D eigenvalue weighted by Crippen LogP contribution is -2.54. The number of carbonyl (C=O) groups excluding carboxylic acids is 1. The Balaban J connectivity index is 1.54. The summed E-state index contributed by atoms with van der Waals surface area (Å²) in [4.78, 5) is 27.2. The number of likely N-dealkylation sites (N-methyl/N-ethyl adjacent to an activating group) is 1. The molecule has 2 saturated heterocycles. The number of carboxylic acid groups (broad SMARTS) is 1. The molecule has 2 fully saturated rings. The summed E-state index contributed by atoms with van der Waals surface area (Å²) in [5, 5.41) is 9.54. The van der Waals surface area contributed by atoms with E-state index in [1.807, 2.05) is 24.3 Å². The van der Waals surface area contributed by atoms with Gasteiger partial charge in [-0.1, -0.05) is 29.8 Å². The maximum atomic E-state index is 12.9. The van der Waals surface area contributed by atoms with Gasteiger partial charge in [0.05, 0.1) is 19.3 Å². The number of hydrogen-bond acceptors (Lipinski definition) is 6. The van der Waals surface area contributed by atoms with Crippen LogP contribution in [-0.4, -0.2) is 78.8 Å².